The van der Waals surface area contributed by atoms with Crippen molar-refractivity contribution < 1.29 is 14.8 Å². The molecular formula is C14H17BrN2O4. The number of carboxylic acid groups (broad SMARTS) is 1. The second-order valence-electron chi connectivity index (χ2n) is 5.40. The molecule has 0 amide bonds. The van der Waals surface area contributed by atoms with E-state index >= 15 is 0 Å². The van der Waals surface area contributed by atoms with E-state index in [-0.39, 0.29) is 5.69 Å². The minimum atomic E-state index is -0.815. The van der Waals surface area contributed by atoms with E-state index in [1.807, 2.05) is 11.8 Å². The number of nitro groups is 1. The minimum Gasteiger partial charge on any atom is -0.481 e. The van der Waals surface area contributed by atoms with Gasteiger partial charge >= 0.3 is 5.97 Å². The van der Waals surface area contributed by atoms with Crippen molar-refractivity contribution >= 4 is 33.3 Å². The van der Waals surface area contributed by atoms with Crippen LogP contribution >= 0.6 is 15.9 Å². The third-order valence-corrected chi connectivity index (χ3v) is 4.50. The van der Waals surface area contributed by atoms with E-state index in [0.717, 1.165) is 10.9 Å². The van der Waals surface area contributed by atoms with Crippen LogP contribution < -0.4 is 4.90 Å². The molecule has 6 nitrogen and oxygen atoms in total. The summed E-state index contributed by atoms with van der Waals surface area (Å²) in [7, 11) is 0. The average molecular weight is 357 g/mol. The van der Waals surface area contributed by atoms with Crippen LogP contribution in [0.2, 0.25) is 0 Å². The molecular weight excluding hydrogens is 340 g/mol. The summed E-state index contributed by atoms with van der Waals surface area (Å²) in [5.41, 5.74) is -0.310. The molecule has 2 rings (SSSR count). The molecule has 1 saturated heterocycles. The number of rotatable bonds is 5. The molecule has 1 aliphatic rings. The first kappa shape index (κ1) is 15.8. The predicted molar refractivity (Wildman–Crippen MR) is 82.6 cm³/mol. The van der Waals surface area contributed by atoms with Crippen LogP contribution in [-0.4, -0.2) is 29.1 Å². The summed E-state index contributed by atoms with van der Waals surface area (Å²) in [5.74, 6) is -0.815. The number of nitrogens with zero attached hydrogens (tertiary/aromatic N) is 2. The lowest BCUT2D eigenvalue weighted by molar-refractivity contribution is -0.384. The summed E-state index contributed by atoms with van der Waals surface area (Å²) in [6, 6.07) is 4.75. The number of benzene rings is 1. The molecule has 1 fully saturated rings. The van der Waals surface area contributed by atoms with Crippen LogP contribution in [0.25, 0.3) is 0 Å². The number of hydrogen-bond donors (Lipinski definition) is 1. The van der Waals surface area contributed by atoms with Crippen molar-refractivity contribution in [3.63, 3.8) is 0 Å². The van der Waals surface area contributed by atoms with Gasteiger partial charge in [0.25, 0.3) is 5.69 Å². The van der Waals surface area contributed by atoms with E-state index in [9.17, 15) is 20.0 Å². The fourth-order valence-corrected chi connectivity index (χ4v) is 3.30. The highest BCUT2D eigenvalue weighted by Crippen LogP contribution is 2.41. The van der Waals surface area contributed by atoms with Crippen LogP contribution in [-0.2, 0) is 4.79 Å². The lowest BCUT2D eigenvalue weighted by atomic mass is 9.83. The molecule has 0 bridgehead atoms. The number of nitro benzene ring substituents is 1. The van der Waals surface area contributed by atoms with Gasteiger partial charge in [0.1, 0.15) is 5.69 Å². The standard InChI is InChI=1S/C14H17BrN2O4/c1-2-5-14(13(18)19)6-7-16(9-14)12-8-10(15)3-4-11(12)17(20)21/h3-4,8H,2,5-7,9H2,1H3,(H,18,19). The number of carboxylic acids is 1. The molecule has 1 unspecified atom stereocenters. The molecule has 1 heterocycles. The van der Waals surface area contributed by atoms with E-state index in [4.69, 9.17) is 0 Å². The highest BCUT2D eigenvalue weighted by Gasteiger charge is 2.45. The van der Waals surface area contributed by atoms with Gasteiger partial charge in [0.15, 0.2) is 0 Å². The Morgan fingerprint density at radius 3 is 2.86 bits per heavy atom. The molecule has 7 heteroatoms. The first-order valence-electron chi connectivity index (χ1n) is 6.82. The van der Waals surface area contributed by atoms with Gasteiger partial charge in [-0.3, -0.25) is 14.9 Å². The largest absolute Gasteiger partial charge is 0.481 e. The second kappa shape index (κ2) is 6.01. The molecule has 1 aromatic rings. The third-order valence-electron chi connectivity index (χ3n) is 4.01. The maximum absolute atomic E-state index is 11.6. The van der Waals surface area contributed by atoms with Crippen molar-refractivity contribution in [2.24, 2.45) is 5.41 Å². The Morgan fingerprint density at radius 1 is 1.57 bits per heavy atom. The Kier molecular flexibility index (Phi) is 4.51. The zero-order valence-corrected chi connectivity index (χ0v) is 13.3. The summed E-state index contributed by atoms with van der Waals surface area (Å²) in [5, 5.41) is 20.7. The third kappa shape index (κ3) is 3.02. The smallest absolute Gasteiger partial charge is 0.311 e. The maximum Gasteiger partial charge on any atom is 0.311 e. The van der Waals surface area contributed by atoms with E-state index in [2.05, 4.69) is 15.9 Å². The first-order chi connectivity index (χ1) is 9.89. The van der Waals surface area contributed by atoms with Gasteiger partial charge in [-0.2, -0.15) is 0 Å². The normalized spacial score (nSPS) is 21.5. The lowest BCUT2D eigenvalue weighted by Gasteiger charge is -2.25. The van der Waals surface area contributed by atoms with Gasteiger partial charge in [0.2, 0.25) is 0 Å². The highest BCUT2D eigenvalue weighted by atomic mass is 79.9. The summed E-state index contributed by atoms with van der Waals surface area (Å²) in [6.45, 7) is 2.78. The zero-order chi connectivity index (χ0) is 15.6. The first-order valence-corrected chi connectivity index (χ1v) is 7.61. The van der Waals surface area contributed by atoms with Crippen LogP contribution in [0, 0.1) is 15.5 Å². The molecule has 0 radical (unpaired) electrons. The SMILES string of the molecule is CCCC1(C(=O)O)CCN(c2cc(Br)ccc2[N+](=O)[O-])C1. The fraction of sp³-hybridized carbons (Fsp3) is 0.500. The molecule has 114 valence electrons. The Balaban J connectivity index is 2.35. The molecule has 21 heavy (non-hydrogen) atoms. The van der Waals surface area contributed by atoms with E-state index < -0.39 is 16.3 Å². The fourth-order valence-electron chi connectivity index (χ4n) is 2.95. The molecule has 1 N–H and O–H groups in total. The molecule has 0 spiro atoms. The van der Waals surface area contributed by atoms with Gasteiger partial charge in [0, 0.05) is 23.6 Å². The van der Waals surface area contributed by atoms with Crippen LogP contribution in [0.1, 0.15) is 26.2 Å². The minimum absolute atomic E-state index is 0.0101. The van der Waals surface area contributed by atoms with Crippen LogP contribution in [0.5, 0.6) is 0 Å². The quantitative estimate of drug-likeness (QED) is 0.645. The van der Waals surface area contributed by atoms with Gasteiger partial charge in [-0.1, -0.05) is 29.3 Å². The summed E-state index contributed by atoms with van der Waals surface area (Å²) in [4.78, 5) is 24.1. The van der Waals surface area contributed by atoms with Gasteiger partial charge < -0.3 is 10.0 Å². The second-order valence-corrected chi connectivity index (χ2v) is 6.31. The van der Waals surface area contributed by atoms with Crippen LogP contribution in [0.15, 0.2) is 22.7 Å². The highest BCUT2D eigenvalue weighted by molar-refractivity contribution is 9.10. The summed E-state index contributed by atoms with van der Waals surface area (Å²) in [6.07, 6.45) is 1.88. The molecule has 1 atom stereocenters. The lowest BCUT2D eigenvalue weighted by Crippen LogP contribution is -2.34. The van der Waals surface area contributed by atoms with Gasteiger partial charge in [-0.05, 0) is 25.0 Å². The van der Waals surface area contributed by atoms with E-state index in [0.29, 0.717) is 31.6 Å². The summed E-state index contributed by atoms with van der Waals surface area (Å²) >= 11 is 3.32. The molecule has 1 aliphatic heterocycles. The number of aliphatic carboxylic acids is 1. The van der Waals surface area contributed by atoms with Gasteiger partial charge in [-0.15, -0.1) is 0 Å². The molecule has 0 aromatic heterocycles. The van der Waals surface area contributed by atoms with Crippen molar-refractivity contribution in [3.8, 4) is 0 Å². The topological polar surface area (TPSA) is 83.7 Å². The van der Waals surface area contributed by atoms with E-state index in [1.165, 1.54) is 6.07 Å². The zero-order valence-electron chi connectivity index (χ0n) is 11.7. The predicted octanol–water partition coefficient (Wildman–Crippen LogP) is 3.44. The van der Waals surface area contributed by atoms with Crippen molar-refractivity contribution in [2.45, 2.75) is 26.2 Å². The van der Waals surface area contributed by atoms with E-state index in [1.54, 1.807) is 12.1 Å². The molecule has 0 aliphatic carbocycles. The Morgan fingerprint density at radius 2 is 2.29 bits per heavy atom. The van der Waals surface area contributed by atoms with Crippen LogP contribution in [0.4, 0.5) is 11.4 Å². The van der Waals surface area contributed by atoms with Gasteiger partial charge in [0.05, 0.1) is 10.3 Å². The number of hydrogen-bond acceptors (Lipinski definition) is 4. The monoisotopic (exact) mass is 356 g/mol. The Labute approximate surface area is 131 Å². The van der Waals surface area contributed by atoms with Crippen molar-refractivity contribution in [2.75, 3.05) is 18.0 Å². The van der Waals surface area contributed by atoms with Crippen molar-refractivity contribution in [1.29, 1.82) is 0 Å². The number of halogens is 1. The molecule has 1 aromatic carbocycles. The Bertz CT molecular complexity index is 578. The average Bonchev–Trinajstić information content (AvgIpc) is 2.84. The maximum atomic E-state index is 11.6. The summed E-state index contributed by atoms with van der Waals surface area (Å²) < 4.78 is 0.742. The van der Waals surface area contributed by atoms with Crippen LogP contribution in [0.3, 0.4) is 0 Å². The molecule has 0 saturated carbocycles. The van der Waals surface area contributed by atoms with Crippen molar-refractivity contribution in [3.05, 3.63) is 32.8 Å². The Hall–Kier alpha value is -1.63. The number of anilines is 1. The number of carbonyl (C=O) groups is 1. The van der Waals surface area contributed by atoms with Gasteiger partial charge in [-0.25, -0.2) is 0 Å². The van der Waals surface area contributed by atoms with Crippen molar-refractivity contribution in [1.82, 2.24) is 0 Å².